The molecule has 2 unspecified atom stereocenters. The zero-order chi connectivity index (χ0) is 13.1. The van der Waals surface area contributed by atoms with Crippen molar-refractivity contribution in [2.45, 2.75) is 12.2 Å². The highest BCUT2D eigenvalue weighted by molar-refractivity contribution is 5.59. The van der Waals surface area contributed by atoms with Crippen molar-refractivity contribution >= 4 is 0 Å². The summed E-state index contributed by atoms with van der Waals surface area (Å²) < 4.78 is 6.93. The molecule has 2 bridgehead atoms. The molecule has 2 aliphatic heterocycles. The van der Waals surface area contributed by atoms with Gasteiger partial charge in [0.05, 0.1) is 16.8 Å². The van der Waals surface area contributed by atoms with E-state index in [1.807, 2.05) is 12.2 Å². The Morgan fingerprint density at radius 3 is 1.89 bits per heavy atom. The predicted octanol–water partition coefficient (Wildman–Crippen LogP) is 2.28. The van der Waals surface area contributed by atoms with Crippen LogP contribution in [0.1, 0.15) is 23.3 Å². The standard InChI is InChI=1S/C14H11NO4/c16-8-3-1-7(2-4-8)15-13(17)11-9-5-6-10(19-9)12(11)14(15)18/h1-6,9-10,16-18H. The Hall–Kier alpha value is -2.40. The Morgan fingerprint density at radius 2 is 1.37 bits per heavy atom. The molecular weight excluding hydrogens is 246 g/mol. The molecule has 1 aromatic heterocycles. The van der Waals surface area contributed by atoms with Crippen molar-refractivity contribution in [3.8, 4) is 23.2 Å². The normalized spacial score (nSPS) is 22.9. The summed E-state index contributed by atoms with van der Waals surface area (Å²) in [4.78, 5) is 0. The number of fused-ring (bicyclic) bond motifs is 5. The van der Waals surface area contributed by atoms with E-state index in [4.69, 9.17) is 4.74 Å². The van der Waals surface area contributed by atoms with Crippen LogP contribution in [0.25, 0.3) is 5.69 Å². The van der Waals surface area contributed by atoms with E-state index < -0.39 is 0 Å². The van der Waals surface area contributed by atoms with Crippen molar-refractivity contribution in [2.75, 3.05) is 0 Å². The number of nitrogens with zero attached hydrogens (tertiary/aromatic N) is 1. The number of aromatic hydroxyl groups is 3. The van der Waals surface area contributed by atoms with E-state index in [-0.39, 0.29) is 29.7 Å². The minimum atomic E-state index is -0.288. The van der Waals surface area contributed by atoms with E-state index in [1.54, 1.807) is 12.1 Å². The van der Waals surface area contributed by atoms with Crippen LogP contribution < -0.4 is 0 Å². The number of hydrogen-bond acceptors (Lipinski definition) is 4. The summed E-state index contributed by atoms with van der Waals surface area (Å²) in [6.07, 6.45) is 3.16. The van der Waals surface area contributed by atoms with Gasteiger partial charge in [0.1, 0.15) is 18.0 Å². The molecule has 5 nitrogen and oxygen atoms in total. The summed E-state index contributed by atoms with van der Waals surface area (Å²) in [5.41, 5.74) is 1.83. The first-order chi connectivity index (χ1) is 9.16. The van der Waals surface area contributed by atoms with E-state index in [1.165, 1.54) is 16.7 Å². The Balaban J connectivity index is 1.94. The molecule has 4 rings (SSSR count). The molecule has 0 spiro atoms. The number of phenolic OH excluding ortho intramolecular Hbond substituents is 1. The van der Waals surface area contributed by atoms with Crippen LogP contribution in [0.4, 0.5) is 0 Å². The van der Waals surface area contributed by atoms with Crippen molar-refractivity contribution in [3.63, 3.8) is 0 Å². The van der Waals surface area contributed by atoms with Gasteiger partial charge in [-0.3, -0.25) is 4.57 Å². The summed E-state index contributed by atoms with van der Waals surface area (Å²) in [6.45, 7) is 0. The molecule has 3 heterocycles. The van der Waals surface area contributed by atoms with Crippen molar-refractivity contribution in [2.24, 2.45) is 0 Å². The van der Waals surface area contributed by atoms with Crippen LogP contribution in [0, 0.1) is 0 Å². The average molecular weight is 257 g/mol. The van der Waals surface area contributed by atoms with E-state index >= 15 is 0 Å². The lowest BCUT2D eigenvalue weighted by atomic mass is 10.0. The van der Waals surface area contributed by atoms with Crippen LogP contribution in [-0.2, 0) is 4.74 Å². The van der Waals surface area contributed by atoms with Crippen molar-refractivity contribution in [1.29, 1.82) is 0 Å². The maximum absolute atomic E-state index is 10.3. The Bertz CT molecular complexity index is 664. The first kappa shape index (κ1) is 10.5. The Morgan fingerprint density at radius 1 is 0.842 bits per heavy atom. The van der Waals surface area contributed by atoms with Crippen LogP contribution in [0.5, 0.6) is 17.5 Å². The van der Waals surface area contributed by atoms with Gasteiger partial charge in [0.15, 0.2) is 0 Å². The van der Waals surface area contributed by atoms with Gasteiger partial charge in [-0.15, -0.1) is 0 Å². The van der Waals surface area contributed by atoms with E-state index in [0.717, 1.165) is 0 Å². The third-order valence-corrected chi connectivity index (χ3v) is 3.63. The number of benzene rings is 1. The molecular formula is C14H11NO4. The second-order valence-electron chi connectivity index (χ2n) is 4.69. The average Bonchev–Trinajstić information content (AvgIpc) is 3.06. The number of phenols is 1. The van der Waals surface area contributed by atoms with Gasteiger partial charge in [0.2, 0.25) is 11.8 Å². The quantitative estimate of drug-likeness (QED) is 0.685. The second kappa shape index (κ2) is 3.33. The highest BCUT2D eigenvalue weighted by Gasteiger charge is 2.42. The summed E-state index contributed by atoms with van der Waals surface area (Å²) in [5, 5.41) is 29.9. The topological polar surface area (TPSA) is 74.9 Å². The van der Waals surface area contributed by atoms with Gasteiger partial charge in [0.25, 0.3) is 0 Å². The molecule has 2 aliphatic rings. The van der Waals surface area contributed by atoms with E-state index in [0.29, 0.717) is 16.8 Å². The largest absolute Gasteiger partial charge is 0.508 e. The fourth-order valence-corrected chi connectivity index (χ4v) is 2.77. The molecule has 0 radical (unpaired) electrons. The van der Waals surface area contributed by atoms with E-state index in [9.17, 15) is 15.3 Å². The van der Waals surface area contributed by atoms with Gasteiger partial charge in [-0.1, -0.05) is 12.2 Å². The molecule has 3 N–H and O–H groups in total. The van der Waals surface area contributed by atoms with Crippen LogP contribution in [0.2, 0.25) is 0 Å². The fraction of sp³-hybridized carbons (Fsp3) is 0.143. The molecule has 5 heteroatoms. The molecule has 19 heavy (non-hydrogen) atoms. The summed E-state index contributed by atoms with van der Waals surface area (Å²) >= 11 is 0. The van der Waals surface area contributed by atoms with Gasteiger partial charge < -0.3 is 20.1 Å². The zero-order valence-electron chi connectivity index (χ0n) is 9.82. The molecule has 2 atom stereocenters. The third-order valence-electron chi connectivity index (χ3n) is 3.63. The van der Waals surface area contributed by atoms with Crippen LogP contribution in [0.15, 0.2) is 36.4 Å². The molecule has 2 aromatic rings. The maximum atomic E-state index is 10.3. The minimum absolute atomic E-state index is 0.0185. The number of hydrogen-bond donors (Lipinski definition) is 3. The number of ether oxygens (including phenoxy) is 1. The highest BCUT2D eigenvalue weighted by Crippen LogP contribution is 2.55. The van der Waals surface area contributed by atoms with Gasteiger partial charge in [-0.05, 0) is 24.3 Å². The van der Waals surface area contributed by atoms with E-state index in [2.05, 4.69) is 0 Å². The van der Waals surface area contributed by atoms with Crippen molar-refractivity contribution in [3.05, 3.63) is 47.5 Å². The molecule has 96 valence electrons. The second-order valence-corrected chi connectivity index (χ2v) is 4.69. The Labute approximate surface area is 108 Å². The van der Waals surface area contributed by atoms with Crippen molar-refractivity contribution in [1.82, 2.24) is 4.57 Å². The molecule has 0 amide bonds. The molecule has 0 saturated heterocycles. The summed E-state index contributed by atoms with van der Waals surface area (Å²) in [6, 6.07) is 6.26. The summed E-state index contributed by atoms with van der Waals surface area (Å²) in [7, 11) is 0. The van der Waals surface area contributed by atoms with Gasteiger partial charge in [0, 0.05) is 0 Å². The first-order valence-electron chi connectivity index (χ1n) is 5.96. The van der Waals surface area contributed by atoms with Crippen LogP contribution in [0.3, 0.4) is 0 Å². The number of rotatable bonds is 1. The van der Waals surface area contributed by atoms with Gasteiger partial charge in [-0.2, -0.15) is 0 Å². The lowest BCUT2D eigenvalue weighted by Crippen LogP contribution is -1.96. The van der Waals surface area contributed by atoms with Crippen LogP contribution >= 0.6 is 0 Å². The molecule has 0 fully saturated rings. The minimum Gasteiger partial charge on any atom is -0.508 e. The van der Waals surface area contributed by atoms with Crippen molar-refractivity contribution < 1.29 is 20.1 Å². The molecule has 1 aromatic carbocycles. The summed E-state index contributed by atoms with van der Waals surface area (Å²) in [5.74, 6) is 0.0950. The molecule has 0 aliphatic carbocycles. The maximum Gasteiger partial charge on any atom is 0.205 e. The Kier molecular flexibility index (Phi) is 1.84. The number of aromatic nitrogens is 1. The first-order valence-corrected chi connectivity index (χ1v) is 5.96. The lowest BCUT2D eigenvalue weighted by molar-refractivity contribution is 0.0842. The lowest BCUT2D eigenvalue weighted by Gasteiger charge is -2.10. The fourth-order valence-electron chi connectivity index (χ4n) is 2.77. The van der Waals surface area contributed by atoms with Crippen LogP contribution in [-0.4, -0.2) is 19.9 Å². The molecule has 0 saturated carbocycles. The zero-order valence-corrected chi connectivity index (χ0v) is 9.82. The monoisotopic (exact) mass is 257 g/mol. The highest BCUT2D eigenvalue weighted by atomic mass is 16.5. The third kappa shape index (κ3) is 1.22. The van der Waals surface area contributed by atoms with Gasteiger partial charge >= 0.3 is 0 Å². The SMILES string of the molecule is Oc1ccc(-n2c(O)c3c(c2O)C2C=CC3O2)cc1. The smallest absolute Gasteiger partial charge is 0.205 e. The predicted molar refractivity (Wildman–Crippen MR) is 66.5 cm³/mol. The van der Waals surface area contributed by atoms with Gasteiger partial charge in [-0.25, -0.2) is 0 Å².